The minimum Gasteiger partial charge on any atom is -0.494 e. The zero-order valence-corrected chi connectivity index (χ0v) is 17.2. The second kappa shape index (κ2) is 11.8. The minimum atomic E-state index is -1.26. The summed E-state index contributed by atoms with van der Waals surface area (Å²) in [6.45, 7) is 3.67. The van der Waals surface area contributed by atoms with Crippen molar-refractivity contribution in [3.8, 4) is 5.75 Å². The number of carboxylic acid groups (broad SMARTS) is 2. The number of aliphatic carboxylic acids is 2. The fourth-order valence-electron chi connectivity index (χ4n) is 3.51. The molecule has 0 radical (unpaired) electrons. The summed E-state index contributed by atoms with van der Waals surface area (Å²) in [5.41, 5.74) is 11.6. The third-order valence-electron chi connectivity index (χ3n) is 4.92. The Hall–Kier alpha value is -3.12. The Kier molecular flexibility index (Phi) is 9.09. The molecule has 0 aromatic heterocycles. The summed E-state index contributed by atoms with van der Waals surface area (Å²) in [6.07, 6.45) is 5.68. The lowest BCUT2D eigenvalue weighted by atomic mass is 9.78. The van der Waals surface area contributed by atoms with Crippen LogP contribution in [0.15, 0.2) is 54.6 Å². The highest BCUT2D eigenvalue weighted by molar-refractivity contribution is 5.89. The third kappa shape index (κ3) is 6.74. The Labute approximate surface area is 177 Å². The fraction of sp³-hybridized carbons (Fsp3) is 0.333. The van der Waals surface area contributed by atoms with E-state index in [1.54, 1.807) is 0 Å². The van der Waals surface area contributed by atoms with E-state index >= 15 is 0 Å². The minimum absolute atomic E-state index is 0.314. The van der Waals surface area contributed by atoms with Gasteiger partial charge in [-0.1, -0.05) is 50.1 Å². The topological polar surface area (TPSA) is 110 Å². The van der Waals surface area contributed by atoms with Gasteiger partial charge in [-0.15, -0.1) is 0 Å². The van der Waals surface area contributed by atoms with Crippen molar-refractivity contribution < 1.29 is 24.5 Å². The average Bonchev–Trinajstić information content (AvgIpc) is 2.74. The van der Waals surface area contributed by atoms with Crippen LogP contribution in [0.1, 0.15) is 54.4 Å². The highest BCUT2D eigenvalue weighted by Crippen LogP contribution is 2.37. The summed E-state index contributed by atoms with van der Waals surface area (Å²) in [5, 5.41) is 15.6. The molecule has 0 saturated heterocycles. The molecule has 30 heavy (non-hydrogen) atoms. The highest BCUT2D eigenvalue weighted by Gasteiger charge is 2.24. The highest BCUT2D eigenvalue weighted by atomic mass is 16.5. The van der Waals surface area contributed by atoms with Gasteiger partial charge in [0.15, 0.2) is 0 Å². The molecule has 0 aliphatic heterocycles. The molecule has 0 bridgehead atoms. The zero-order chi connectivity index (χ0) is 21.9. The van der Waals surface area contributed by atoms with E-state index in [1.165, 1.54) is 35.1 Å². The Morgan fingerprint density at radius 3 is 2.33 bits per heavy atom. The maximum atomic E-state index is 9.55. The van der Waals surface area contributed by atoms with Crippen molar-refractivity contribution in [2.75, 3.05) is 13.2 Å². The number of hydrogen-bond acceptors (Lipinski definition) is 4. The molecule has 6 nitrogen and oxygen atoms in total. The van der Waals surface area contributed by atoms with Crippen molar-refractivity contribution in [1.29, 1.82) is 0 Å². The predicted molar refractivity (Wildman–Crippen MR) is 116 cm³/mol. The smallest absolute Gasteiger partial charge is 0.328 e. The van der Waals surface area contributed by atoms with Crippen molar-refractivity contribution in [3.63, 3.8) is 0 Å². The average molecular weight is 411 g/mol. The van der Waals surface area contributed by atoms with Gasteiger partial charge in [-0.3, -0.25) is 0 Å². The Bertz CT molecular complexity index is 875. The Balaban J connectivity index is 0.000000343. The van der Waals surface area contributed by atoms with E-state index in [2.05, 4.69) is 49.4 Å². The number of carbonyl (C=O) groups is 2. The van der Waals surface area contributed by atoms with E-state index in [0.717, 1.165) is 25.2 Å². The summed E-state index contributed by atoms with van der Waals surface area (Å²) in [6, 6.07) is 15.2. The van der Waals surface area contributed by atoms with Crippen molar-refractivity contribution in [1.82, 2.24) is 0 Å². The lowest BCUT2D eigenvalue weighted by Crippen LogP contribution is -2.21. The maximum Gasteiger partial charge on any atom is 0.328 e. The van der Waals surface area contributed by atoms with Crippen LogP contribution in [-0.2, 0) is 16.0 Å². The molecule has 1 atom stereocenters. The first-order valence-electron chi connectivity index (χ1n) is 10.1. The van der Waals surface area contributed by atoms with E-state index in [4.69, 9.17) is 20.7 Å². The molecule has 1 unspecified atom stereocenters. The normalized spacial score (nSPS) is 14.3. The Morgan fingerprint density at radius 2 is 1.70 bits per heavy atom. The lowest BCUT2D eigenvalue weighted by molar-refractivity contribution is -0.134. The predicted octanol–water partition coefficient (Wildman–Crippen LogP) is 3.96. The molecule has 0 amide bonds. The Morgan fingerprint density at radius 1 is 1.03 bits per heavy atom. The van der Waals surface area contributed by atoms with Crippen molar-refractivity contribution in [2.24, 2.45) is 5.73 Å². The maximum absolute atomic E-state index is 9.55. The first kappa shape index (κ1) is 23.2. The van der Waals surface area contributed by atoms with Crippen LogP contribution >= 0.6 is 0 Å². The van der Waals surface area contributed by atoms with E-state index in [-0.39, 0.29) is 0 Å². The number of fused-ring (bicyclic) bond motifs is 2. The van der Waals surface area contributed by atoms with Gasteiger partial charge in [0.25, 0.3) is 0 Å². The van der Waals surface area contributed by atoms with Crippen LogP contribution in [0.4, 0.5) is 0 Å². The molecule has 160 valence electrons. The molecule has 4 N–H and O–H groups in total. The van der Waals surface area contributed by atoms with Gasteiger partial charge in [-0.2, -0.15) is 0 Å². The lowest BCUT2D eigenvalue weighted by Gasteiger charge is -2.28. The number of carboxylic acids is 2. The molecule has 0 heterocycles. The van der Waals surface area contributed by atoms with Gasteiger partial charge in [0.2, 0.25) is 0 Å². The number of rotatable bonds is 8. The zero-order valence-electron chi connectivity index (χ0n) is 17.2. The fourth-order valence-corrected chi connectivity index (χ4v) is 3.51. The second-order valence-corrected chi connectivity index (χ2v) is 7.09. The van der Waals surface area contributed by atoms with E-state index in [9.17, 15) is 9.59 Å². The largest absolute Gasteiger partial charge is 0.494 e. The molecule has 1 aliphatic rings. The molecular formula is C24H29NO5. The molecule has 2 aromatic carbocycles. The molecule has 0 saturated carbocycles. The van der Waals surface area contributed by atoms with Gasteiger partial charge in [0.1, 0.15) is 5.75 Å². The van der Waals surface area contributed by atoms with E-state index in [1.807, 2.05) is 0 Å². The van der Waals surface area contributed by atoms with Crippen LogP contribution in [0.3, 0.4) is 0 Å². The van der Waals surface area contributed by atoms with Crippen LogP contribution < -0.4 is 10.5 Å². The monoisotopic (exact) mass is 411 g/mol. The summed E-state index contributed by atoms with van der Waals surface area (Å²) in [4.78, 5) is 19.1. The quantitative estimate of drug-likeness (QED) is 0.448. The number of unbranched alkanes of at least 4 members (excludes halogenated alkanes) is 2. The molecule has 0 spiro atoms. The first-order valence-corrected chi connectivity index (χ1v) is 10.1. The van der Waals surface area contributed by atoms with Crippen LogP contribution in [0.5, 0.6) is 5.75 Å². The third-order valence-corrected chi connectivity index (χ3v) is 4.92. The number of hydrogen-bond donors (Lipinski definition) is 3. The molecule has 1 aliphatic carbocycles. The number of benzene rings is 2. The van der Waals surface area contributed by atoms with Crippen molar-refractivity contribution in [3.05, 3.63) is 76.9 Å². The first-order chi connectivity index (χ1) is 14.5. The van der Waals surface area contributed by atoms with Gasteiger partial charge in [-0.05, 0) is 47.2 Å². The molecular weight excluding hydrogens is 382 g/mol. The van der Waals surface area contributed by atoms with Gasteiger partial charge in [0.05, 0.1) is 6.61 Å². The van der Waals surface area contributed by atoms with Gasteiger partial charge in [-0.25, -0.2) is 9.59 Å². The summed E-state index contributed by atoms with van der Waals surface area (Å²) >= 11 is 0. The van der Waals surface area contributed by atoms with Crippen LogP contribution in [0.2, 0.25) is 0 Å². The van der Waals surface area contributed by atoms with Crippen molar-refractivity contribution in [2.45, 2.75) is 38.5 Å². The summed E-state index contributed by atoms with van der Waals surface area (Å²) in [7, 11) is 0. The summed E-state index contributed by atoms with van der Waals surface area (Å²) in [5.74, 6) is -1.21. The number of nitrogens with two attached hydrogens (primary N) is 1. The van der Waals surface area contributed by atoms with Gasteiger partial charge < -0.3 is 20.7 Å². The summed E-state index contributed by atoms with van der Waals surface area (Å²) < 4.78 is 5.90. The number of ether oxygens (including phenoxy) is 1. The molecule has 6 heteroatoms. The van der Waals surface area contributed by atoms with Crippen LogP contribution in [0.25, 0.3) is 0 Å². The van der Waals surface area contributed by atoms with E-state index < -0.39 is 11.9 Å². The van der Waals surface area contributed by atoms with Crippen LogP contribution in [0, 0.1) is 0 Å². The second-order valence-electron chi connectivity index (χ2n) is 7.09. The molecule has 3 rings (SSSR count). The standard InChI is InChI=1S/C20H25NO.C4H4O4/c1-2-3-6-11-22-17-9-10-19-16(13-17)12-15-7-4-5-8-18(15)20(19)14-21;5-3(6)1-2-4(7)8/h4-5,7-10,13,20H,2-3,6,11-12,14,21H2,1H3;1-2H,(H,5,6)(H,7,8)/b;2-1+. The SMILES string of the molecule is CCCCCOc1ccc2c(c1)Cc1ccccc1C2CN.O=C(O)/C=C/C(=O)O. The molecule has 2 aromatic rings. The molecule has 0 fully saturated rings. The van der Waals surface area contributed by atoms with Crippen molar-refractivity contribution >= 4 is 11.9 Å². The van der Waals surface area contributed by atoms with E-state index in [0.29, 0.717) is 24.6 Å². The van der Waals surface area contributed by atoms with Crippen LogP contribution in [-0.4, -0.2) is 35.3 Å². The van der Waals surface area contributed by atoms with Gasteiger partial charge in [0, 0.05) is 24.6 Å². The van der Waals surface area contributed by atoms with Gasteiger partial charge >= 0.3 is 11.9 Å².